The molecule has 1 unspecified atom stereocenters. The average molecular weight is 441 g/mol. The number of carbonyl (C=O) groups excluding carboxylic acids is 1. The van der Waals surface area contributed by atoms with Gasteiger partial charge in [-0.2, -0.15) is 0 Å². The zero-order valence-corrected chi connectivity index (χ0v) is 17.9. The Bertz CT molecular complexity index is 687. The van der Waals surface area contributed by atoms with E-state index in [9.17, 15) is 20.1 Å². The first-order valence-corrected chi connectivity index (χ1v) is 11.1. The number of hydrogen-bond donors (Lipinski definition) is 5. The number of halogens is 1. The van der Waals surface area contributed by atoms with Crippen LogP contribution >= 0.6 is 11.6 Å². The lowest BCUT2D eigenvalue weighted by Gasteiger charge is -2.24. The lowest BCUT2D eigenvalue weighted by atomic mass is 9.85. The summed E-state index contributed by atoms with van der Waals surface area (Å²) in [6.07, 6.45) is 5.66. The molecule has 7 nitrogen and oxygen atoms in total. The van der Waals surface area contributed by atoms with Crippen LogP contribution in [0.25, 0.3) is 0 Å². The second-order valence-corrected chi connectivity index (χ2v) is 8.53. The highest BCUT2D eigenvalue weighted by atomic mass is 35.5. The summed E-state index contributed by atoms with van der Waals surface area (Å²) in [6, 6.07) is 7.08. The van der Waals surface area contributed by atoms with E-state index in [0.29, 0.717) is 42.8 Å². The third-order valence-corrected chi connectivity index (χ3v) is 6.07. The summed E-state index contributed by atoms with van der Waals surface area (Å²) in [5.74, 6) is -0.408. The van der Waals surface area contributed by atoms with Gasteiger partial charge in [0.05, 0.1) is 24.0 Å². The molecule has 30 heavy (non-hydrogen) atoms. The van der Waals surface area contributed by atoms with E-state index in [4.69, 9.17) is 16.8 Å². The van der Waals surface area contributed by atoms with Gasteiger partial charge >= 0.3 is 0 Å². The van der Waals surface area contributed by atoms with Crippen LogP contribution in [0.3, 0.4) is 0 Å². The molecular formula is C22H33ClN2O5. The van der Waals surface area contributed by atoms with Gasteiger partial charge in [0.2, 0.25) is 5.91 Å². The minimum atomic E-state index is -0.729. The molecule has 0 aromatic heterocycles. The Kier molecular flexibility index (Phi) is 10.7. The van der Waals surface area contributed by atoms with Crippen molar-refractivity contribution in [2.24, 2.45) is 16.8 Å². The molecule has 1 saturated carbocycles. The maximum atomic E-state index is 11.0. The van der Waals surface area contributed by atoms with E-state index >= 15 is 0 Å². The number of nitrogens with one attached hydrogen (secondary N) is 1. The van der Waals surface area contributed by atoms with Gasteiger partial charge in [-0.15, -0.1) is 0 Å². The Morgan fingerprint density at radius 1 is 1.17 bits per heavy atom. The molecule has 0 bridgehead atoms. The molecule has 168 valence electrons. The molecule has 1 aliphatic carbocycles. The highest BCUT2D eigenvalue weighted by Crippen LogP contribution is 2.39. The average Bonchev–Trinajstić information content (AvgIpc) is 2.99. The van der Waals surface area contributed by atoms with Gasteiger partial charge in [0, 0.05) is 17.7 Å². The van der Waals surface area contributed by atoms with E-state index < -0.39 is 18.3 Å². The fourth-order valence-electron chi connectivity index (χ4n) is 4.22. The first-order chi connectivity index (χ1) is 14.4. The van der Waals surface area contributed by atoms with Crippen molar-refractivity contribution >= 4 is 29.4 Å². The number of benzene rings is 1. The summed E-state index contributed by atoms with van der Waals surface area (Å²) >= 11 is 5.93. The number of hydrogen-bond acceptors (Lipinski definition) is 6. The topological polar surface area (TPSA) is 122 Å². The van der Waals surface area contributed by atoms with Gasteiger partial charge in [-0.1, -0.05) is 36.9 Å². The van der Waals surface area contributed by atoms with Crippen LogP contribution in [0.4, 0.5) is 5.69 Å². The minimum Gasteiger partial charge on any atom is -0.393 e. The maximum Gasteiger partial charge on any atom is 0.243 e. The van der Waals surface area contributed by atoms with Gasteiger partial charge in [-0.3, -0.25) is 15.0 Å². The molecule has 1 aliphatic rings. The molecule has 0 heterocycles. The van der Waals surface area contributed by atoms with Gasteiger partial charge in [-0.05, 0) is 62.1 Å². The number of aliphatic imine (C=N–C) groups is 1. The molecule has 8 heteroatoms. The Morgan fingerprint density at radius 2 is 1.87 bits per heavy atom. The summed E-state index contributed by atoms with van der Waals surface area (Å²) < 4.78 is 0. The lowest BCUT2D eigenvalue weighted by Crippen LogP contribution is -2.24. The van der Waals surface area contributed by atoms with E-state index in [-0.39, 0.29) is 17.7 Å². The number of aliphatic hydroxyl groups excluding tert-OH is 3. The normalized spacial score (nSPS) is 25.0. The first kappa shape index (κ1) is 24.8. The number of unbranched alkanes of at least 4 members (excludes halogenated alkanes) is 3. The fraction of sp³-hybridized carbons (Fsp3) is 0.636. The standard InChI is InChI=1S/C22H33ClN2O5/c23-15-6-5-7-16(12-15)24-14-17(26)10-11-19-18(20(27)13-21(19)28)8-3-1-2-4-9-22(29)25-30/h5-7,12,14,17-21,26-28,30H,1-4,8-11,13H2,(H,25,29)/b24-14-/t17?,18-,19-,20+,21-/m1/s1. The molecule has 1 fully saturated rings. The molecule has 0 aliphatic heterocycles. The summed E-state index contributed by atoms with van der Waals surface area (Å²) in [4.78, 5) is 15.2. The number of hydroxylamine groups is 1. The van der Waals surface area contributed by atoms with Crippen LogP contribution in [0.1, 0.15) is 57.8 Å². The van der Waals surface area contributed by atoms with Crippen molar-refractivity contribution in [3.05, 3.63) is 29.3 Å². The van der Waals surface area contributed by atoms with Gasteiger partial charge in [0.15, 0.2) is 0 Å². The number of aliphatic hydroxyl groups is 3. The maximum absolute atomic E-state index is 11.0. The van der Waals surface area contributed by atoms with Crippen molar-refractivity contribution in [2.75, 3.05) is 0 Å². The summed E-state index contributed by atoms with van der Waals surface area (Å²) in [6.45, 7) is 0. The molecule has 5 N–H and O–H groups in total. The molecule has 5 atom stereocenters. The summed E-state index contributed by atoms with van der Waals surface area (Å²) in [7, 11) is 0. The molecular weight excluding hydrogens is 408 g/mol. The zero-order chi connectivity index (χ0) is 21.9. The first-order valence-electron chi connectivity index (χ1n) is 10.7. The van der Waals surface area contributed by atoms with Crippen LogP contribution in [-0.4, -0.2) is 51.0 Å². The predicted molar refractivity (Wildman–Crippen MR) is 116 cm³/mol. The van der Waals surface area contributed by atoms with Gasteiger partial charge in [0.1, 0.15) is 0 Å². The number of nitrogens with zero attached hydrogens (tertiary/aromatic N) is 1. The smallest absolute Gasteiger partial charge is 0.243 e. The molecule has 2 rings (SSSR count). The molecule has 0 radical (unpaired) electrons. The van der Waals surface area contributed by atoms with Crippen LogP contribution < -0.4 is 5.48 Å². The van der Waals surface area contributed by atoms with Crippen molar-refractivity contribution in [1.82, 2.24) is 5.48 Å². The van der Waals surface area contributed by atoms with Crippen molar-refractivity contribution in [2.45, 2.75) is 76.1 Å². The van der Waals surface area contributed by atoms with Crippen molar-refractivity contribution in [3.8, 4) is 0 Å². The Morgan fingerprint density at radius 3 is 2.57 bits per heavy atom. The second kappa shape index (κ2) is 13.0. The summed E-state index contributed by atoms with van der Waals surface area (Å²) in [5, 5.41) is 40.0. The minimum absolute atomic E-state index is 0.0119. The third kappa shape index (κ3) is 8.32. The lowest BCUT2D eigenvalue weighted by molar-refractivity contribution is -0.129. The Balaban J connectivity index is 1.74. The van der Waals surface area contributed by atoms with E-state index in [1.807, 2.05) is 0 Å². The van der Waals surface area contributed by atoms with E-state index in [2.05, 4.69) is 4.99 Å². The summed E-state index contributed by atoms with van der Waals surface area (Å²) in [5.41, 5.74) is 2.30. The molecule has 0 spiro atoms. The van der Waals surface area contributed by atoms with Crippen molar-refractivity contribution in [3.63, 3.8) is 0 Å². The Labute approximate surface area is 182 Å². The SMILES string of the molecule is O=C(CCCCCC[C@@H]1[C@@H](CCC(O)/C=N\c2cccc(Cl)c2)[C@H](O)C[C@@H]1O)NO. The molecule has 1 aromatic carbocycles. The molecule has 1 aromatic rings. The predicted octanol–water partition coefficient (Wildman–Crippen LogP) is 3.39. The largest absolute Gasteiger partial charge is 0.393 e. The Hall–Kier alpha value is -1.51. The van der Waals surface area contributed by atoms with Crippen molar-refractivity contribution in [1.29, 1.82) is 0 Å². The van der Waals surface area contributed by atoms with E-state index in [1.165, 1.54) is 6.21 Å². The van der Waals surface area contributed by atoms with E-state index in [1.54, 1.807) is 29.7 Å². The number of rotatable bonds is 12. The van der Waals surface area contributed by atoms with Crippen LogP contribution in [0.2, 0.25) is 5.02 Å². The van der Waals surface area contributed by atoms with Gasteiger partial charge < -0.3 is 15.3 Å². The van der Waals surface area contributed by atoms with E-state index in [0.717, 1.165) is 25.7 Å². The quantitative estimate of drug-likeness (QED) is 0.147. The zero-order valence-electron chi connectivity index (χ0n) is 17.2. The molecule has 0 saturated heterocycles. The number of amides is 1. The van der Waals surface area contributed by atoms with Gasteiger partial charge in [0.25, 0.3) is 0 Å². The van der Waals surface area contributed by atoms with Crippen LogP contribution in [0.5, 0.6) is 0 Å². The monoisotopic (exact) mass is 440 g/mol. The van der Waals surface area contributed by atoms with Crippen molar-refractivity contribution < 1.29 is 25.3 Å². The number of carbonyl (C=O) groups is 1. The fourth-order valence-corrected chi connectivity index (χ4v) is 4.41. The highest BCUT2D eigenvalue weighted by molar-refractivity contribution is 6.30. The highest BCUT2D eigenvalue weighted by Gasteiger charge is 2.40. The second-order valence-electron chi connectivity index (χ2n) is 8.09. The van der Waals surface area contributed by atoms with Crippen LogP contribution in [0.15, 0.2) is 29.3 Å². The third-order valence-electron chi connectivity index (χ3n) is 5.84. The van der Waals surface area contributed by atoms with Gasteiger partial charge in [-0.25, -0.2) is 5.48 Å². The molecule has 1 amide bonds. The van der Waals surface area contributed by atoms with Crippen LogP contribution in [0, 0.1) is 11.8 Å². The van der Waals surface area contributed by atoms with Crippen LogP contribution in [-0.2, 0) is 4.79 Å².